The summed E-state index contributed by atoms with van der Waals surface area (Å²) in [6, 6.07) is 11.0. The van der Waals surface area contributed by atoms with Gasteiger partial charge in [0.15, 0.2) is 0 Å². The van der Waals surface area contributed by atoms with Crippen molar-refractivity contribution in [1.82, 2.24) is 9.97 Å². The lowest BCUT2D eigenvalue weighted by Gasteiger charge is -2.13. The molecule has 0 radical (unpaired) electrons. The minimum atomic E-state index is 0.432. The number of nitrogens with zero attached hydrogens (tertiary/aromatic N) is 2. The molecule has 104 valence electrons. The van der Waals surface area contributed by atoms with Crippen LogP contribution in [0.4, 0.5) is 11.8 Å². The largest absolute Gasteiger partial charge is 0.367 e. The van der Waals surface area contributed by atoms with Gasteiger partial charge in [0.1, 0.15) is 5.82 Å². The van der Waals surface area contributed by atoms with E-state index in [0.29, 0.717) is 12.0 Å². The molecule has 1 aliphatic carbocycles. The fourth-order valence-electron chi connectivity index (χ4n) is 2.63. The number of rotatable bonds is 5. The highest BCUT2D eigenvalue weighted by Gasteiger charge is 2.20. The highest BCUT2D eigenvalue weighted by molar-refractivity contribution is 5.43. The van der Waals surface area contributed by atoms with Gasteiger partial charge in [-0.1, -0.05) is 31.2 Å². The van der Waals surface area contributed by atoms with Crippen molar-refractivity contribution in [2.75, 3.05) is 17.2 Å². The van der Waals surface area contributed by atoms with Gasteiger partial charge in [-0.3, -0.25) is 0 Å². The van der Waals surface area contributed by atoms with E-state index >= 15 is 0 Å². The van der Waals surface area contributed by atoms with Crippen LogP contribution in [-0.2, 0) is 12.8 Å². The first-order valence-electron chi connectivity index (χ1n) is 7.25. The summed E-state index contributed by atoms with van der Waals surface area (Å²) in [5.74, 6) is 1.60. The summed E-state index contributed by atoms with van der Waals surface area (Å²) in [5, 5.41) is 6.73. The average Bonchev–Trinajstić information content (AvgIpc) is 2.87. The summed E-state index contributed by atoms with van der Waals surface area (Å²) in [6.07, 6.45) is 5.00. The van der Waals surface area contributed by atoms with E-state index < -0.39 is 0 Å². The minimum absolute atomic E-state index is 0.432. The highest BCUT2D eigenvalue weighted by Crippen LogP contribution is 2.23. The Morgan fingerprint density at radius 2 is 1.90 bits per heavy atom. The topological polar surface area (TPSA) is 49.8 Å². The van der Waals surface area contributed by atoms with Gasteiger partial charge >= 0.3 is 0 Å². The highest BCUT2D eigenvalue weighted by atomic mass is 15.1. The van der Waals surface area contributed by atoms with Crippen molar-refractivity contribution in [3.63, 3.8) is 0 Å². The van der Waals surface area contributed by atoms with E-state index in [2.05, 4.69) is 51.8 Å². The molecule has 0 saturated carbocycles. The molecule has 0 bridgehead atoms. The molecule has 0 aliphatic heterocycles. The SMILES string of the molecule is CCCNc1nccc(NC2Cc3ccccc3C2)n1. The maximum absolute atomic E-state index is 4.50. The summed E-state index contributed by atoms with van der Waals surface area (Å²) < 4.78 is 0. The molecule has 1 aromatic carbocycles. The van der Waals surface area contributed by atoms with E-state index in [-0.39, 0.29) is 0 Å². The number of fused-ring (bicyclic) bond motifs is 1. The van der Waals surface area contributed by atoms with Crippen molar-refractivity contribution in [1.29, 1.82) is 0 Å². The van der Waals surface area contributed by atoms with Gasteiger partial charge in [0.05, 0.1) is 0 Å². The van der Waals surface area contributed by atoms with E-state index in [1.54, 1.807) is 6.20 Å². The van der Waals surface area contributed by atoms with Crippen molar-refractivity contribution in [2.24, 2.45) is 0 Å². The molecule has 0 atom stereocenters. The van der Waals surface area contributed by atoms with Crippen LogP contribution in [0.25, 0.3) is 0 Å². The van der Waals surface area contributed by atoms with Crippen molar-refractivity contribution >= 4 is 11.8 Å². The number of hydrogen-bond donors (Lipinski definition) is 2. The Balaban J connectivity index is 1.64. The molecule has 4 heteroatoms. The Hall–Kier alpha value is -2.10. The molecule has 3 rings (SSSR count). The Labute approximate surface area is 119 Å². The van der Waals surface area contributed by atoms with Crippen molar-refractivity contribution in [3.05, 3.63) is 47.7 Å². The predicted octanol–water partition coefficient (Wildman–Crippen LogP) is 2.88. The number of nitrogens with one attached hydrogen (secondary N) is 2. The predicted molar refractivity (Wildman–Crippen MR) is 82.1 cm³/mol. The molecule has 0 unspecified atom stereocenters. The van der Waals surface area contributed by atoms with Crippen LogP contribution in [0.1, 0.15) is 24.5 Å². The zero-order valence-electron chi connectivity index (χ0n) is 11.8. The van der Waals surface area contributed by atoms with Gasteiger partial charge in [0.2, 0.25) is 5.95 Å². The van der Waals surface area contributed by atoms with Crippen molar-refractivity contribution in [2.45, 2.75) is 32.2 Å². The molecular weight excluding hydrogens is 248 g/mol. The van der Waals surface area contributed by atoms with E-state index in [9.17, 15) is 0 Å². The second kappa shape index (κ2) is 5.90. The lowest BCUT2D eigenvalue weighted by Crippen LogP contribution is -2.20. The molecule has 1 aliphatic rings. The Morgan fingerprint density at radius 1 is 1.15 bits per heavy atom. The molecule has 20 heavy (non-hydrogen) atoms. The van der Waals surface area contributed by atoms with Crippen LogP contribution in [0.15, 0.2) is 36.5 Å². The first kappa shape index (κ1) is 12.9. The van der Waals surface area contributed by atoms with Crippen LogP contribution in [0.5, 0.6) is 0 Å². The van der Waals surface area contributed by atoms with Crippen LogP contribution >= 0.6 is 0 Å². The molecule has 4 nitrogen and oxygen atoms in total. The lowest BCUT2D eigenvalue weighted by molar-refractivity contribution is 0.768. The molecule has 0 saturated heterocycles. The quantitative estimate of drug-likeness (QED) is 0.875. The number of aromatic nitrogens is 2. The van der Waals surface area contributed by atoms with Gasteiger partial charge in [-0.05, 0) is 36.5 Å². The third-order valence-electron chi connectivity index (χ3n) is 3.59. The van der Waals surface area contributed by atoms with Crippen LogP contribution in [0, 0.1) is 0 Å². The fourth-order valence-corrected chi connectivity index (χ4v) is 2.63. The summed E-state index contributed by atoms with van der Waals surface area (Å²) in [4.78, 5) is 8.73. The fraction of sp³-hybridized carbons (Fsp3) is 0.375. The van der Waals surface area contributed by atoms with E-state index in [1.807, 2.05) is 6.07 Å². The Morgan fingerprint density at radius 3 is 2.60 bits per heavy atom. The van der Waals surface area contributed by atoms with Crippen LogP contribution < -0.4 is 10.6 Å². The van der Waals surface area contributed by atoms with Gasteiger partial charge in [0, 0.05) is 18.8 Å². The molecule has 1 heterocycles. The first-order valence-corrected chi connectivity index (χ1v) is 7.25. The van der Waals surface area contributed by atoms with Gasteiger partial charge in [-0.25, -0.2) is 4.98 Å². The second-order valence-corrected chi connectivity index (χ2v) is 5.21. The van der Waals surface area contributed by atoms with Gasteiger partial charge in [0.25, 0.3) is 0 Å². The number of hydrogen-bond acceptors (Lipinski definition) is 4. The van der Waals surface area contributed by atoms with Gasteiger partial charge in [-0.2, -0.15) is 4.98 Å². The zero-order chi connectivity index (χ0) is 13.8. The summed E-state index contributed by atoms with van der Waals surface area (Å²) in [7, 11) is 0. The number of anilines is 2. The molecule has 0 fully saturated rings. The summed E-state index contributed by atoms with van der Waals surface area (Å²) >= 11 is 0. The molecule has 0 amide bonds. The Kier molecular flexibility index (Phi) is 3.81. The monoisotopic (exact) mass is 268 g/mol. The van der Waals surface area contributed by atoms with Crippen LogP contribution in [0.3, 0.4) is 0 Å². The zero-order valence-corrected chi connectivity index (χ0v) is 11.8. The third-order valence-corrected chi connectivity index (χ3v) is 3.59. The van der Waals surface area contributed by atoms with Crippen molar-refractivity contribution < 1.29 is 0 Å². The third kappa shape index (κ3) is 2.90. The maximum atomic E-state index is 4.50. The molecule has 1 aromatic heterocycles. The Bertz CT molecular complexity index is 557. The summed E-state index contributed by atoms with van der Waals surface area (Å²) in [6.45, 7) is 3.03. The summed E-state index contributed by atoms with van der Waals surface area (Å²) in [5.41, 5.74) is 2.90. The molecule has 2 N–H and O–H groups in total. The molecule has 0 spiro atoms. The van der Waals surface area contributed by atoms with E-state index in [4.69, 9.17) is 0 Å². The van der Waals surface area contributed by atoms with E-state index in [0.717, 1.165) is 31.6 Å². The second-order valence-electron chi connectivity index (χ2n) is 5.21. The van der Waals surface area contributed by atoms with E-state index in [1.165, 1.54) is 11.1 Å². The van der Waals surface area contributed by atoms with Crippen LogP contribution in [0.2, 0.25) is 0 Å². The average molecular weight is 268 g/mol. The number of benzene rings is 1. The standard InChI is InChI=1S/C16H20N4/c1-2-8-17-16-18-9-7-15(20-16)19-14-10-12-5-3-4-6-13(12)11-14/h3-7,9,14H,2,8,10-11H2,1H3,(H2,17,18,19,20). The lowest BCUT2D eigenvalue weighted by atomic mass is 10.1. The van der Waals surface area contributed by atoms with Gasteiger partial charge in [-0.15, -0.1) is 0 Å². The first-order chi connectivity index (χ1) is 9.85. The van der Waals surface area contributed by atoms with Gasteiger partial charge < -0.3 is 10.6 Å². The molecule has 2 aromatic rings. The molecular formula is C16H20N4. The normalized spacial score (nSPS) is 14.1. The van der Waals surface area contributed by atoms with Crippen LogP contribution in [-0.4, -0.2) is 22.6 Å². The maximum Gasteiger partial charge on any atom is 0.224 e. The smallest absolute Gasteiger partial charge is 0.224 e. The minimum Gasteiger partial charge on any atom is -0.367 e. The van der Waals surface area contributed by atoms with Crippen molar-refractivity contribution in [3.8, 4) is 0 Å².